The standard InChI is InChI=1S/C27H27N3O4S/c1-3-7-19(8-4-1)26-31-17-21(18-32-26)33-20-9-11-23-24(15-20)34-25(29-23)12-10-22-16-28-27(35-22)30-13-5-2-6-14-30/h1,3-4,7-12,15-16,21,26H,2,5-6,13-14,17-18H2. The molecule has 4 heterocycles. The molecule has 0 bridgehead atoms. The van der Waals surface area contributed by atoms with Crippen molar-refractivity contribution >= 4 is 39.7 Å². The molecule has 6 rings (SSSR count). The average Bonchev–Trinajstić information content (AvgIpc) is 3.56. The van der Waals surface area contributed by atoms with Crippen molar-refractivity contribution in [2.45, 2.75) is 31.7 Å². The van der Waals surface area contributed by atoms with E-state index in [1.54, 1.807) is 11.3 Å². The lowest BCUT2D eigenvalue weighted by molar-refractivity contribution is -0.215. The summed E-state index contributed by atoms with van der Waals surface area (Å²) in [5.41, 5.74) is 2.48. The first-order chi connectivity index (χ1) is 17.3. The molecule has 2 saturated heterocycles. The van der Waals surface area contributed by atoms with Gasteiger partial charge in [0, 0.05) is 41.9 Å². The number of anilines is 1. The molecule has 0 atom stereocenters. The Kier molecular flexibility index (Phi) is 6.49. The zero-order chi connectivity index (χ0) is 23.5. The Morgan fingerprint density at radius 2 is 1.80 bits per heavy atom. The highest BCUT2D eigenvalue weighted by Crippen LogP contribution is 2.29. The summed E-state index contributed by atoms with van der Waals surface area (Å²) in [6.07, 6.45) is 9.08. The van der Waals surface area contributed by atoms with Gasteiger partial charge in [0.2, 0.25) is 5.89 Å². The molecule has 35 heavy (non-hydrogen) atoms. The molecular formula is C27H27N3O4S. The third-order valence-electron chi connectivity index (χ3n) is 6.15. The minimum Gasteiger partial charge on any atom is -0.485 e. The average molecular weight is 490 g/mol. The van der Waals surface area contributed by atoms with Gasteiger partial charge in [-0.2, -0.15) is 0 Å². The first kappa shape index (κ1) is 22.3. The summed E-state index contributed by atoms with van der Waals surface area (Å²) in [4.78, 5) is 12.6. The number of piperidine rings is 1. The Morgan fingerprint density at radius 1 is 0.971 bits per heavy atom. The highest BCUT2D eigenvalue weighted by atomic mass is 32.1. The molecular weight excluding hydrogens is 462 g/mol. The van der Waals surface area contributed by atoms with Crippen LogP contribution in [0.3, 0.4) is 0 Å². The fraction of sp³-hybridized carbons (Fsp3) is 0.333. The van der Waals surface area contributed by atoms with Gasteiger partial charge in [-0.05, 0) is 37.5 Å². The SMILES string of the molecule is C(=Cc1cnc(N2CCCCC2)s1)c1nc2ccc(OC3COC(c4ccccc4)OC3)cc2o1. The molecule has 0 radical (unpaired) electrons. The van der Waals surface area contributed by atoms with Crippen LogP contribution in [0.15, 0.2) is 59.1 Å². The lowest BCUT2D eigenvalue weighted by Gasteiger charge is -2.29. The van der Waals surface area contributed by atoms with Gasteiger partial charge in [-0.3, -0.25) is 0 Å². The Bertz CT molecular complexity index is 1290. The van der Waals surface area contributed by atoms with Crippen LogP contribution in [-0.4, -0.2) is 42.4 Å². The number of hydrogen-bond donors (Lipinski definition) is 0. The molecule has 0 saturated carbocycles. The lowest BCUT2D eigenvalue weighted by atomic mass is 10.1. The largest absolute Gasteiger partial charge is 0.485 e. The molecule has 0 aliphatic carbocycles. The molecule has 180 valence electrons. The van der Waals surface area contributed by atoms with Gasteiger partial charge in [-0.15, -0.1) is 0 Å². The topological polar surface area (TPSA) is 69.9 Å². The fourth-order valence-corrected chi connectivity index (χ4v) is 5.22. The van der Waals surface area contributed by atoms with E-state index in [2.05, 4.69) is 14.9 Å². The van der Waals surface area contributed by atoms with E-state index in [0.29, 0.717) is 30.4 Å². The Balaban J connectivity index is 1.07. The summed E-state index contributed by atoms with van der Waals surface area (Å²) in [6, 6.07) is 15.6. The maximum absolute atomic E-state index is 6.08. The molecule has 4 aromatic rings. The zero-order valence-corrected chi connectivity index (χ0v) is 20.2. The third-order valence-corrected chi connectivity index (χ3v) is 7.17. The van der Waals surface area contributed by atoms with E-state index in [0.717, 1.165) is 34.2 Å². The van der Waals surface area contributed by atoms with Gasteiger partial charge >= 0.3 is 0 Å². The zero-order valence-electron chi connectivity index (χ0n) is 19.3. The van der Waals surface area contributed by atoms with Crippen LogP contribution in [0.4, 0.5) is 5.13 Å². The smallest absolute Gasteiger partial charge is 0.220 e. The minimum absolute atomic E-state index is 0.185. The van der Waals surface area contributed by atoms with Gasteiger partial charge in [-0.25, -0.2) is 9.97 Å². The van der Waals surface area contributed by atoms with Gasteiger partial charge in [-0.1, -0.05) is 41.7 Å². The van der Waals surface area contributed by atoms with Crippen molar-refractivity contribution in [1.82, 2.24) is 9.97 Å². The molecule has 0 spiro atoms. The summed E-state index contributed by atoms with van der Waals surface area (Å²) < 4.78 is 23.7. The van der Waals surface area contributed by atoms with Crippen LogP contribution in [0.1, 0.15) is 41.9 Å². The Labute approximate surface area is 208 Å². The maximum Gasteiger partial charge on any atom is 0.220 e. The number of hydrogen-bond acceptors (Lipinski definition) is 8. The fourth-order valence-electron chi connectivity index (χ4n) is 4.35. The summed E-state index contributed by atoms with van der Waals surface area (Å²) in [7, 11) is 0. The monoisotopic (exact) mass is 489 g/mol. The van der Waals surface area contributed by atoms with Crippen molar-refractivity contribution in [3.05, 3.63) is 71.1 Å². The second-order valence-corrected chi connectivity index (χ2v) is 9.80. The van der Waals surface area contributed by atoms with Crippen molar-refractivity contribution in [3.63, 3.8) is 0 Å². The molecule has 2 aromatic carbocycles. The van der Waals surface area contributed by atoms with E-state index in [9.17, 15) is 0 Å². The number of ether oxygens (including phenoxy) is 3. The van der Waals surface area contributed by atoms with Gasteiger partial charge in [0.05, 0.1) is 13.2 Å². The third kappa shape index (κ3) is 5.24. The van der Waals surface area contributed by atoms with Crippen LogP contribution in [0.2, 0.25) is 0 Å². The predicted molar refractivity (Wildman–Crippen MR) is 137 cm³/mol. The van der Waals surface area contributed by atoms with Gasteiger partial charge < -0.3 is 23.5 Å². The molecule has 0 amide bonds. The molecule has 0 unspecified atom stereocenters. The molecule has 8 heteroatoms. The highest BCUT2D eigenvalue weighted by molar-refractivity contribution is 7.16. The number of fused-ring (bicyclic) bond motifs is 1. The second-order valence-electron chi connectivity index (χ2n) is 8.76. The van der Waals surface area contributed by atoms with Crippen LogP contribution in [0.25, 0.3) is 23.3 Å². The number of benzene rings is 2. The van der Waals surface area contributed by atoms with Crippen molar-refractivity contribution in [2.24, 2.45) is 0 Å². The van der Waals surface area contributed by atoms with E-state index in [-0.39, 0.29) is 12.4 Å². The number of aromatic nitrogens is 2. The van der Waals surface area contributed by atoms with E-state index >= 15 is 0 Å². The maximum atomic E-state index is 6.08. The number of rotatable bonds is 6. The number of oxazole rings is 1. The van der Waals surface area contributed by atoms with Gasteiger partial charge in [0.25, 0.3) is 0 Å². The molecule has 2 fully saturated rings. The first-order valence-electron chi connectivity index (χ1n) is 12.0. The molecule has 0 N–H and O–H groups in total. The Morgan fingerprint density at radius 3 is 2.63 bits per heavy atom. The summed E-state index contributed by atoms with van der Waals surface area (Å²) in [6.45, 7) is 3.10. The lowest BCUT2D eigenvalue weighted by Crippen LogP contribution is -2.35. The van der Waals surface area contributed by atoms with E-state index in [1.165, 1.54) is 19.3 Å². The number of thiazole rings is 1. The summed E-state index contributed by atoms with van der Waals surface area (Å²) in [5, 5.41) is 1.09. The van der Waals surface area contributed by atoms with Crippen LogP contribution < -0.4 is 9.64 Å². The van der Waals surface area contributed by atoms with E-state index in [4.69, 9.17) is 18.6 Å². The van der Waals surface area contributed by atoms with Crippen LogP contribution in [-0.2, 0) is 9.47 Å². The predicted octanol–water partition coefficient (Wildman–Crippen LogP) is 5.94. The number of nitrogens with zero attached hydrogens (tertiary/aromatic N) is 3. The van der Waals surface area contributed by atoms with Gasteiger partial charge in [0.1, 0.15) is 17.4 Å². The van der Waals surface area contributed by atoms with Crippen LogP contribution >= 0.6 is 11.3 Å². The molecule has 2 aliphatic rings. The van der Waals surface area contributed by atoms with Gasteiger partial charge in [0.15, 0.2) is 17.0 Å². The molecule has 2 aromatic heterocycles. The normalized spacial score (nSPS) is 21.1. The summed E-state index contributed by atoms with van der Waals surface area (Å²) >= 11 is 1.70. The quantitative estimate of drug-likeness (QED) is 0.332. The van der Waals surface area contributed by atoms with Crippen LogP contribution in [0.5, 0.6) is 5.75 Å². The molecule has 7 nitrogen and oxygen atoms in total. The van der Waals surface area contributed by atoms with E-state index < -0.39 is 0 Å². The molecule has 2 aliphatic heterocycles. The second kappa shape index (κ2) is 10.2. The van der Waals surface area contributed by atoms with Crippen molar-refractivity contribution < 1.29 is 18.6 Å². The highest BCUT2D eigenvalue weighted by Gasteiger charge is 2.25. The van der Waals surface area contributed by atoms with Crippen LogP contribution in [0, 0.1) is 0 Å². The Hall–Kier alpha value is -3.20. The first-order valence-corrected chi connectivity index (χ1v) is 12.9. The van der Waals surface area contributed by atoms with Crippen molar-refractivity contribution in [2.75, 3.05) is 31.2 Å². The van der Waals surface area contributed by atoms with E-state index in [1.807, 2.05) is 66.9 Å². The van der Waals surface area contributed by atoms with Crippen molar-refractivity contribution in [1.29, 1.82) is 0 Å². The van der Waals surface area contributed by atoms with Crippen molar-refractivity contribution in [3.8, 4) is 5.75 Å². The minimum atomic E-state index is -0.350. The summed E-state index contributed by atoms with van der Waals surface area (Å²) in [5.74, 6) is 1.26.